The highest BCUT2D eigenvalue weighted by Crippen LogP contribution is 2.41. The minimum atomic E-state index is -0.451. The van der Waals surface area contributed by atoms with Crippen LogP contribution in [0.15, 0.2) is 48.5 Å². The van der Waals surface area contributed by atoms with Crippen molar-refractivity contribution in [2.24, 2.45) is 0 Å². The number of fused-ring (bicyclic) bond motifs is 1. The molecule has 30 heavy (non-hydrogen) atoms. The molecule has 7 nitrogen and oxygen atoms in total. The van der Waals surface area contributed by atoms with E-state index in [1.54, 1.807) is 17.3 Å². The van der Waals surface area contributed by atoms with Crippen LogP contribution in [0.4, 0.5) is 5.69 Å². The number of nitrogens with zero attached hydrogens (tertiary/aromatic N) is 1. The predicted molar refractivity (Wildman–Crippen MR) is 117 cm³/mol. The Morgan fingerprint density at radius 3 is 2.63 bits per heavy atom. The summed E-state index contributed by atoms with van der Waals surface area (Å²) in [6, 6.07) is 14.9. The third kappa shape index (κ3) is 5.90. The number of para-hydroxylation sites is 2. The average Bonchev–Trinajstić information content (AvgIpc) is 3.03. The zero-order valence-corrected chi connectivity index (χ0v) is 18.2. The number of hydrogen-bond donors (Lipinski definition) is 1. The van der Waals surface area contributed by atoms with Crippen molar-refractivity contribution in [1.82, 2.24) is 4.72 Å². The number of carbonyl (C=O) groups excluding carboxylic acids is 2. The summed E-state index contributed by atoms with van der Waals surface area (Å²) in [7, 11) is 0. The summed E-state index contributed by atoms with van der Waals surface area (Å²) in [4.78, 5) is 24.3. The molecule has 0 saturated carbocycles. The van der Waals surface area contributed by atoms with Gasteiger partial charge in [-0.1, -0.05) is 30.3 Å². The van der Waals surface area contributed by atoms with E-state index >= 15 is 0 Å². The Morgan fingerprint density at radius 1 is 1.13 bits per heavy atom. The third-order valence-electron chi connectivity index (χ3n) is 4.29. The number of nitrogens with one attached hydrogen (secondary N) is 1. The topological polar surface area (TPSA) is 77.1 Å². The highest BCUT2D eigenvalue weighted by molar-refractivity contribution is 7.98. The lowest BCUT2D eigenvalue weighted by atomic mass is 10.0. The Balaban J connectivity index is 1.56. The molecule has 0 amide bonds. The summed E-state index contributed by atoms with van der Waals surface area (Å²) >= 11 is 1.14. The van der Waals surface area contributed by atoms with Crippen LogP contribution in [-0.2, 0) is 20.7 Å². The molecule has 8 heteroatoms. The molecule has 0 spiro atoms. The number of ether oxygens (including phenoxy) is 3. The summed E-state index contributed by atoms with van der Waals surface area (Å²) in [5, 5.41) is 0. The lowest BCUT2D eigenvalue weighted by molar-refractivity contribution is -0.141. The van der Waals surface area contributed by atoms with Crippen LogP contribution >= 0.6 is 12.1 Å². The van der Waals surface area contributed by atoms with E-state index in [0.717, 1.165) is 29.8 Å². The molecule has 3 rings (SSSR count). The molecule has 160 valence electrons. The van der Waals surface area contributed by atoms with Crippen LogP contribution in [0, 0.1) is 0 Å². The van der Waals surface area contributed by atoms with Gasteiger partial charge in [-0.25, -0.2) is 4.72 Å². The average molecular weight is 431 g/mol. The first-order valence-corrected chi connectivity index (χ1v) is 10.5. The minimum absolute atomic E-state index is 0.0414. The van der Waals surface area contributed by atoms with E-state index in [9.17, 15) is 9.59 Å². The van der Waals surface area contributed by atoms with Crippen molar-refractivity contribution < 1.29 is 23.8 Å². The first-order valence-electron chi connectivity index (χ1n) is 9.77. The van der Waals surface area contributed by atoms with Crippen LogP contribution in [0.3, 0.4) is 0 Å². The molecule has 0 unspecified atom stereocenters. The molecule has 1 N–H and O–H groups in total. The van der Waals surface area contributed by atoms with E-state index < -0.39 is 5.97 Å². The normalized spacial score (nSPS) is 13.8. The van der Waals surface area contributed by atoms with Crippen molar-refractivity contribution in [3.63, 3.8) is 0 Å². The van der Waals surface area contributed by atoms with Crippen molar-refractivity contribution in [3.8, 4) is 11.5 Å². The number of carbonyl (C=O) groups is 2. The van der Waals surface area contributed by atoms with Crippen LogP contribution in [-0.4, -0.2) is 37.2 Å². The summed E-state index contributed by atoms with van der Waals surface area (Å²) in [5.74, 6) is 0.240. The first kappa shape index (κ1) is 22.0. The molecule has 1 heterocycles. The maximum absolute atomic E-state index is 12.4. The molecule has 0 fully saturated rings. The molecular weight excluding hydrogens is 404 g/mol. The second-order valence-electron chi connectivity index (χ2n) is 7.35. The van der Waals surface area contributed by atoms with Gasteiger partial charge in [-0.2, -0.15) is 0 Å². The highest BCUT2D eigenvalue weighted by Gasteiger charge is 2.32. The molecule has 0 atom stereocenters. The van der Waals surface area contributed by atoms with Crippen LogP contribution in [0.1, 0.15) is 26.3 Å². The Hall–Kier alpha value is -2.71. The Bertz CT molecular complexity index is 888. The number of benzene rings is 2. The third-order valence-corrected chi connectivity index (χ3v) is 5.13. The van der Waals surface area contributed by atoms with Gasteiger partial charge in [0.05, 0.1) is 6.61 Å². The fourth-order valence-corrected chi connectivity index (χ4v) is 3.83. The molecule has 2 aromatic rings. The fraction of sp³-hybridized carbons (Fsp3) is 0.364. The molecule has 0 radical (unpaired) electrons. The number of rotatable bonds is 9. The van der Waals surface area contributed by atoms with Gasteiger partial charge in [0.2, 0.25) is 0 Å². The van der Waals surface area contributed by atoms with Gasteiger partial charge in [-0.05, 0) is 39.0 Å². The molecule has 0 saturated heterocycles. The van der Waals surface area contributed by atoms with Crippen molar-refractivity contribution in [1.29, 1.82) is 0 Å². The molecule has 1 aliphatic heterocycles. The fourth-order valence-electron chi connectivity index (χ4n) is 3.09. The van der Waals surface area contributed by atoms with Gasteiger partial charge in [0.15, 0.2) is 11.5 Å². The summed E-state index contributed by atoms with van der Waals surface area (Å²) in [6.45, 7) is 6.06. The van der Waals surface area contributed by atoms with Crippen LogP contribution in [0.25, 0.3) is 0 Å². The zero-order chi connectivity index (χ0) is 21.6. The molecule has 1 aliphatic rings. The second kappa shape index (κ2) is 9.86. The standard InChI is InChI=1S/C22H26N2O5S/c1-4-27-20(26)15-24(17-10-6-5-7-11-17)30-23-14-19(25)28-18-12-8-9-16-13-22(2,3)29-21(16)18/h5-12,23H,4,13-15H2,1-3H3. The van der Waals surface area contributed by atoms with E-state index in [1.165, 1.54) is 0 Å². The lowest BCUT2D eigenvalue weighted by Crippen LogP contribution is -2.31. The maximum Gasteiger partial charge on any atom is 0.326 e. The highest BCUT2D eigenvalue weighted by atomic mass is 32.2. The Labute approximate surface area is 180 Å². The first-order chi connectivity index (χ1) is 14.4. The van der Waals surface area contributed by atoms with Crippen molar-refractivity contribution in [2.75, 3.05) is 24.0 Å². The summed E-state index contributed by atoms with van der Waals surface area (Å²) in [5.41, 5.74) is 1.52. The summed E-state index contributed by atoms with van der Waals surface area (Å²) < 4.78 is 21.1. The largest absolute Gasteiger partial charge is 0.483 e. The smallest absolute Gasteiger partial charge is 0.326 e. The van der Waals surface area contributed by atoms with Crippen molar-refractivity contribution in [2.45, 2.75) is 32.8 Å². The lowest BCUT2D eigenvalue weighted by Gasteiger charge is -2.22. The van der Waals surface area contributed by atoms with E-state index in [4.69, 9.17) is 14.2 Å². The van der Waals surface area contributed by atoms with E-state index in [0.29, 0.717) is 18.1 Å². The van der Waals surface area contributed by atoms with Gasteiger partial charge in [0.25, 0.3) is 0 Å². The van der Waals surface area contributed by atoms with Crippen LogP contribution in [0.5, 0.6) is 11.5 Å². The van der Waals surface area contributed by atoms with Crippen LogP contribution < -0.4 is 18.5 Å². The maximum atomic E-state index is 12.4. The second-order valence-corrected chi connectivity index (χ2v) is 8.26. The molecular formula is C22H26N2O5S. The SMILES string of the molecule is CCOC(=O)CN(SNCC(=O)Oc1cccc2c1OC(C)(C)C2)c1ccccc1. The van der Waals surface area contributed by atoms with Gasteiger partial charge < -0.3 is 14.2 Å². The number of anilines is 1. The molecule has 0 aromatic heterocycles. The van der Waals surface area contributed by atoms with Gasteiger partial charge >= 0.3 is 11.9 Å². The minimum Gasteiger partial charge on any atom is -0.483 e. The van der Waals surface area contributed by atoms with Gasteiger partial charge in [-0.3, -0.25) is 13.9 Å². The van der Waals surface area contributed by atoms with E-state index in [1.807, 2.05) is 56.3 Å². The summed E-state index contributed by atoms with van der Waals surface area (Å²) in [6.07, 6.45) is 0.766. The number of esters is 2. The van der Waals surface area contributed by atoms with Crippen LogP contribution in [0.2, 0.25) is 0 Å². The molecule has 0 aliphatic carbocycles. The van der Waals surface area contributed by atoms with E-state index in [-0.39, 0.29) is 24.7 Å². The van der Waals surface area contributed by atoms with Gasteiger partial charge in [-0.15, -0.1) is 0 Å². The Morgan fingerprint density at radius 2 is 1.90 bits per heavy atom. The molecule has 2 aromatic carbocycles. The predicted octanol–water partition coefficient (Wildman–Crippen LogP) is 3.53. The number of hydrogen-bond acceptors (Lipinski definition) is 8. The molecule has 0 bridgehead atoms. The van der Waals surface area contributed by atoms with Crippen molar-refractivity contribution >= 4 is 29.8 Å². The quantitative estimate of drug-likeness (QED) is 0.368. The monoisotopic (exact) mass is 430 g/mol. The van der Waals surface area contributed by atoms with Crippen molar-refractivity contribution in [3.05, 3.63) is 54.1 Å². The zero-order valence-electron chi connectivity index (χ0n) is 17.3. The van der Waals surface area contributed by atoms with Gasteiger partial charge in [0.1, 0.15) is 18.7 Å². The van der Waals surface area contributed by atoms with E-state index in [2.05, 4.69) is 4.72 Å². The Kier molecular flexibility index (Phi) is 7.23. The van der Waals surface area contributed by atoms with Gasteiger partial charge in [0, 0.05) is 29.8 Å².